The highest BCUT2D eigenvalue weighted by Gasteiger charge is 2.30. The fourth-order valence-corrected chi connectivity index (χ4v) is 3.99. The van der Waals surface area contributed by atoms with E-state index < -0.39 is 5.60 Å². The summed E-state index contributed by atoms with van der Waals surface area (Å²) in [5.74, 6) is 0. The minimum absolute atomic E-state index is 0.163. The van der Waals surface area contributed by atoms with E-state index in [1.807, 2.05) is 37.4 Å². The number of piperidine rings is 1. The van der Waals surface area contributed by atoms with Crippen molar-refractivity contribution < 1.29 is 9.53 Å². The van der Waals surface area contributed by atoms with Crippen LogP contribution in [0.15, 0.2) is 0 Å². The van der Waals surface area contributed by atoms with Crippen LogP contribution in [0.5, 0.6) is 0 Å². The number of carbonyl (C=O) groups excluding carboxylic acids is 1. The van der Waals surface area contributed by atoms with Crippen LogP contribution in [-0.4, -0.2) is 53.3 Å². The maximum absolute atomic E-state index is 12.0. The summed E-state index contributed by atoms with van der Waals surface area (Å²) in [6, 6.07) is 1.25. The van der Waals surface area contributed by atoms with Gasteiger partial charge in [0, 0.05) is 30.4 Å². The quantitative estimate of drug-likeness (QED) is 0.868. The number of carbonyl (C=O) groups is 1. The van der Waals surface area contributed by atoms with E-state index in [2.05, 4.69) is 11.6 Å². The molecule has 0 radical (unpaired) electrons. The summed E-state index contributed by atoms with van der Waals surface area (Å²) in [6.45, 7) is 7.38. The van der Waals surface area contributed by atoms with E-state index in [4.69, 9.17) is 4.74 Å². The first kappa shape index (κ1) is 16.9. The van der Waals surface area contributed by atoms with E-state index in [0.29, 0.717) is 12.1 Å². The van der Waals surface area contributed by atoms with Crippen molar-refractivity contribution in [3.63, 3.8) is 0 Å². The zero-order valence-electron chi connectivity index (χ0n) is 13.9. The van der Waals surface area contributed by atoms with Crippen molar-refractivity contribution in [2.24, 2.45) is 0 Å². The molecule has 0 aromatic carbocycles. The minimum Gasteiger partial charge on any atom is -0.444 e. The first-order valence-corrected chi connectivity index (χ1v) is 9.43. The Morgan fingerprint density at radius 2 is 1.81 bits per heavy atom. The number of likely N-dealkylation sites (tertiary alicyclic amines) is 1. The van der Waals surface area contributed by atoms with Gasteiger partial charge < -0.3 is 15.0 Å². The number of thioether (sulfide) groups is 1. The summed E-state index contributed by atoms with van der Waals surface area (Å²) in [6.07, 6.45) is 8.08. The molecule has 0 spiro atoms. The Hall–Kier alpha value is -0.420. The second-order valence-electron chi connectivity index (χ2n) is 7.28. The molecule has 2 atom stereocenters. The molecule has 2 fully saturated rings. The van der Waals surface area contributed by atoms with Crippen LogP contribution in [0.1, 0.15) is 52.9 Å². The Morgan fingerprint density at radius 1 is 1.14 bits per heavy atom. The Labute approximate surface area is 133 Å². The lowest BCUT2D eigenvalue weighted by Crippen LogP contribution is -2.48. The number of ether oxygens (including phenoxy) is 1. The third kappa shape index (κ3) is 5.37. The van der Waals surface area contributed by atoms with E-state index >= 15 is 0 Å². The van der Waals surface area contributed by atoms with Gasteiger partial charge >= 0.3 is 6.09 Å². The fourth-order valence-electron chi connectivity index (χ4n) is 3.19. The van der Waals surface area contributed by atoms with E-state index in [-0.39, 0.29) is 6.09 Å². The standard InChI is InChI=1S/C16H30N2O2S/c1-16(2,3)20-15(19)18-9-7-12(8-10-18)17-13-5-6-14(11-13)21-4/h12-14,17H,5-11H2,1-4H3. The van der Waals surface area contributed by atoms with Gasteiger partial charge in [0.25, 0.3) is 0 Å². The van der Waals surface area contributed by atoms with Crippen molar-refractivity contribution in [2.75, 3.05) is 19.3 Å². The average Bonchev–Trinajstić information content (AvgIpc) is 2.85. The number of rotatable bonds is 3. The van der Waals surface area contributed by atoms with Crippen LogP contribution < -0.4 is 5.32 Å². The Balaban J connectivity index is 1.70. The van der Waals surface area contributed by atoms with Crippen molar-refractivity contribution in [1.29, 1.82) is 0 Å². The third-order valence-electron chi connectivity index (χ3n) is 4.34. The highest BCUT2D eigenvalue weighted by Crippen LogP contribution is 2.29. The van der Waals surface area contributed by atoms with Gasteiger partial charge in [0.15, 0.2) is 0 Å². The molecule has 1 heterocycles. The molecule has 1 saturated carbocycles. The molecule has 1 saturated heterocycles. The molecule has 2 unspecified atom stereocenters. The van der Waals surface area contributed by atoms with Crippen molar-refractivity contribution in [3.8, 4) is 0 Å². The van der Waals surface area contributed by atoms with Gasteiger partial charge in [-0.15, -0.1) is 0 Å². The molecule has 1 aliphatic carbocycles. The molecule has 21 heavy (non-hydrogen) atoms. The smallest absolute Gasteiger partial charge is 0.410 e. The number of hydrogen-bond acceptors (Lipinski definition) is 4. The lowest BCUT2D eigenvalue weighted by Gasteiger charge is -2.35. The highest BCUT2D eigenvalue weighted by molar-refractivity contribution is 7.99. The zero-order chi connectivity index (χ0) is 15.5. The number of nitrogens with zero attached hydrogens (tertiary/aromatic N) is 1. The van der Waals surface area contributed by atoms with Crippen LogP contribution in [0.4, 0.5) is 4.79 Å². The first-order chi connectivity index (χ1) is 9.87. The lowest BCUT2D eigenvalue weighted by molar-refractivity contribution is 0.0196. The summed E-state index contributed by atoms with van der Waals surface area (Å²) in [5, 5.41) is 4.64. The molecule has 1 N–H and O–H groups in total. The lowest BCUT2D eigenvalue weighted by atomic mass is 10.0. The Morgan fingerprint density at radius 3 is 2.33 bits per heavy atom. The molecule has 122 valence electrons. The molecule has 0 aromatic rings. The van der Waals surface area contributed by atoms with Gasteiger partial charge in [-0.05, 0) is 59.1 Å². The number of amides is 1. The molecule has 0 bridgehead atoms. The SMILES string of the molecule is CSC1CCC(NC2CCN(C(=O)OC(C)(C)C)CC2)C1. The monoisotopic (exact) mass is 314 g/mol. The molecule has 0 aromatic heterocycles. The van der Waals surface area contributed by atoms with Crippen LogP contribution in [0.25, 0.3) is 0 Å². The summed E-state index contributed by atoms with van der Waals surface area (Å²) < 4.78 is 5.44. The van der Waals surface area contributed by atoms with Crippen LogP contribution in [0.3, 0.4) is 0 Å². The van der Waals surface area contributed by atoms with Gasteiger partial charge in [0.2, 0.25) is 0 Å². The molecule has 2 aliphatic rings. The van der Waals surface area contributed by atoms with E-state index in [1.165, 1.54) is 19.3 Å². The molecule has 2 rings (SSSR count). The van der Waals surface area contributed by atoms with E-state index in [9.17, 15) is 4.79 Å². The molecule has 1 amide bonds. The van der Waals surface area contributed by atoms with E-state index in [1.54, 1.807) is 0 Å². The highest BCUT2D eigenvalue weighted by atomic mass is 32.2. The minimum atomic E-state index is -0.400. The van der Waals surface area contributed by atoms with Crippen LogP contribution in [0, 0.1) is 0 Å². The Kier molecular flexibility index (Phi) is 5.83. The first-order valence-electron chi connectivity index (χ1n) is 8.14. The van der Waals surface area contributed by atoms with Crippen LogP contribution in [-0.2, 0) is 4.74 Å². The summed E-state index contributed by atoms with van der Waals surface area (Å²) in [5.41, 5.74) is -0.400. The van der Waals surface area contributed by atoms with Crippen molar-refractivity contribution in [1.82, 2.24) is 10.2 Å². The second kappa shape index (κ2) is 7.23. The van der Waals surface area contributed by atoms with Crippen molar-refractivity contribution in [2.45, 2.75) is 75.8 Å². The summed E-state index contributed by atoms with van der Waals surface area (Å²) in [7, 11) is 0. The Bertz CT molecular complexity index is 349. The van der Waals surface area contributed by atoms with Gasteiger partial charge in [-0.3, -0.25) is 0 Å². The van der Waals surface area contributed by atoms with Gasteiger partial charge in [0.1, 0.15) is 5.60 Å². The topological polar surface area (TPSA) is 41.6 Å². The predicted molar refractivity (Wildman–Crippen MR) is 88.9 cm³/mol. The maximum Gasteiger partial charge on any atom is 0.410 e. The van der Waals surface area contributed by atoms with Crippen molar-refractivity contribution >= 4 is 17.9 Å². The van der Waals surface area contributed by atoms with Crippen LogP contribution >= 0.6 is 11.8 Å². The second-order valence-corrected chi connectivity index (χ2v) is 8.41. The van der Waals surface area contributed by atoms with Gasteiger partial charge in [-0.25, -0.2) is 4.79 Å². The largest absolute Gasteiger partial charge is 0.444 e. The van der Waals surface area contributed by atoms with Gasteiger partial charge in [-0.2, -0.15) is 11.8 Å². The summed E-state index contributed by atoms with van der Waals surface area (Å²) in [4.78, 5) is 13.9. The maximum atomic E-state index is 12.0. The molecule has 5 heteroatoms. The molecular weight excluding hydrogens is 284 g/mol. The van der Waals surface area contributed by atoms with Crippen LogP contribution in [0.2, 0.25) is 0 Å². The number of hydrogen-bond donors (Lipinski definition) is 1. The van der Waals surface area contributed by atoms with Crippen molar-refractivity contribution in [3.05, 3.63) is 0 Å². The van der Waals surface area contributed by atoms with Gasteiger partial charge in [-0.1, -0.05) is 0 Å². The number of nitrogens with one attached hydrogen (secondary N) is 1. The summed E-state index contributed by atoms with van der Waals surface area (Å²) >= 11 is 2.00. The predicted octanol–water partition coefficient (Wildman–Crippen LogP) is 3.26. The average molecular weight is 314 g/mol. The molecule has 1 aliphatic heterocycles. The zero-order valence-corrected chi connectivity index (χ0v) is 14.7. The van der Waals surface area contributed by atoms with E-state index in [0.717, 1.165) is 31.2 Å². The fraction of sp³-hybridized carbons (Fsp3) is 0.938. The molecular formula is C16H30N2O2S. The van der Waals surface area contributed by atoms with Gasteiger partial charge in [0.05, 0.1) is 0 Å². The normalized spacial score (nSPS) is 27.9. The molecule has 4 nitrogen and oxygen atoms in total. The third-order valence-corrected chi connectivity index (χ3v) is 5.43.